The van der Waals surface area contributed by atoms with E-state index < -0.39 is 16.8 Å². The van der Waals surface area contributed by atoms with E-state index in [-0.39, 0.29) is 28.9 Å². The average molecular weight is 408 g/mol. The quantitative estimate of drug-likeness (QED) is 0.547. The van der Waals surface area contributed by atoms with Gasteiger partial charge in [0.15, 0.2) is 0 Å². The van der Waals surface area contributed by atoms with Crippen LogP contribution in [-0.2, 0) is 12.7 Å². The molecule has 0 unspecified atom stereocenters. The highest BCUT2D eigenvalue weighted by atomic mass is 79.9. The summed E-state index contributed by atoms with van der Waals surface area (Å²) in [4.78, 5) is 21.6. The molecule has 120 valence electrons. The van der Waals surface area contributed by atoms with Crippen molar-refractivity contribution in [3.8, 4) is 11.1 Å². The predicted octanol–water partition coefficient (Wildman–Crippen LogP) is 6.45. The van der Waals surface area contributed by atoms with Crippen molar-refractivity contribution in [2.75, 3.05) is 0 Å². The molecule has 0 atom stereocenters. The Labute approximate surface area is 141 Å². The second kappa shape index (κ2) is 6.76. The lowest BCUT2D eigenvalue weighted by molar-refractivity contribution is -0.137. The van der Waals surface area contributed by atoms with Crippen molar-refractivity contribution in [3.05, 3.63) is 60.8 Å². The first kappa shape index (κ1) is 17.6. The molecule has 2 rings (SSSR count). The predicted molar refractivity (Wildman–Crippen MR) is 84.5 cm³/mol. The molecule has 0 amide bonds. The summed E-state index contributed by atoms with van der Waals surface area (Å²) in [6, 6.07) is 6.17. The summed E-state index contributed by atoms with van der Waals surface area (Å²) in [5, 5.41) is 5.11. The first-order valence-electron chi connectivity index (χ1n) is 6.10. The molecule has 0 radical (unpaired) electrons. The van der Waals surface area contributed by atoms with Crippen molar-refractivity contribution in [2.45, 2.75) is 12.7 Å². The van der Waals surface area contributed by atoms with E-state index in [4.69, 9.17) is 11.6 Å². The largest absolute Gasteiger partial charge is 0.417 e. The van der Waals surface area contributed by atoms with Crippen molar-refractivity contribution in [1.82, 2.24) is 0 Å². The Bertz CT molecular complexity index is 781. The van der Waals surface area contributed by atoms with Gasteiger partial charge in [-0.2, -0.15) is 18.1 Å². The van der Waals surface area contributed by atoms with Gasteiger partial charge in [0.25, 0.3) is 0 Å². The van der Waals surface area contributed by atoms with Crippen LogP contribution >= 0.6 is 27.5 Å². The van der Waals surface area contributed by atoms with Crippen LogP contribution in [0, 0.1) is 9.81 Å². The van der Waals surface area contributed by atoms with Gasteiger partial charge in [0, 0.05) is 10.0 Å². The van der Waals surface area contributed by atoms with E-state index >= 15 is 0 Å². The molecule has 0 aliphatic heterocycles. The number of hydrogen-bond donors (Lipinski definition) is 0. The number of nitrogens with zero attached hydrogens (tertiary/aromatic N) is 2. The molecule has 0 aliphatic carbocycles. The summed E-state index contributed by atoms with van der Waals surface area (Å²) in [5.41, 5.74) is -0.694. The molecule has 2 aromatic rings. The first-order chi connectivity index (χ1) is 10.8. The standard InChI is InChI=1S/C14H7BrClF3N2O2/c15-10-3-1-8(6-20-22)12(13(10)21-23)7-2-4-11(16)9(5-7)14(17,18)19/h1-5H,6H2. The van der Waals surface area contributed by atoms with Crippen LogP contribution in [-0.4, -0.2) is 0 Å². The van der Waals surface area contributed by atoms with Gasteiger partial charge in [-0.25, -0.2) is 0 Å². The normalized spacial score (nSPS) is 11.3. The minimum atomic E-state index is -4.66. The maximum Gasteiger partial charge on any atom is 0.417 e. The molecule has 2 aromatic carbocycles. The third-order valence-corrected chi connectivity index (χ3v) is 4.07. The molecule has 0 aliphatic rings. The fourth-order valence-corrected chi connectivity index (χ4v) is 2.75. The summed E-state index contributed by atoms with van der Waals surface area (Å²) in [6.45, 7) is -0.310. The van der Waals surface area contributed by atoms with E-state index in [0.29, 0.717) is 4.47 Å². The molecule has 0 aromatic heterocycles. The van der Waals surface area contributed by atoms with E-state index in [9.17, 15) is 23.0 Å². The van der Waals surface area contributed by atoms with Crippen LogP contribution in [0.5, 0.6) is 0 Å². The monoisotopic (exact) mass is 406 g/mol. The molecule has 0 bridgehead atoms. The minimum absolute atomic E-state index is 0.0660. The number of hydrogen-bond acceptors (Lipinski definition) is 4. The number of alkyl halides is 3. The summed E-state index contributed by atoms with van der Waals surface area (Å²) >= 11 is 8.70. The highest BCUT2D eigenvalue weighted by Gasteiger charge is 2.33. The van der Waals surface area contributed by atoms with Crippen LogP contribution in [0.25, 0.3) is 11.1 Å². The molecule has 4 nitrogen and oxygen atoms in total. The van der Waals surface area contributed by atoms with Gasteiger partial charge in [-0.15, -0.1) is 4.91 Å². The van der Waals surface area contributed by atoms with Crippen LogP contribution in [0.2, 0.25) is 5.02 Å². The van der Waals surface area contributed by atoms with Gasteiger partial charge < -0.3 is 0 Å². The Morgan fingerprint density at radius 1 is 1.13 bits per heavy atom. The Hall–Kier alpha value is -1.80. The lowest BCUT2D eigenvalue weighted by Crippen LogP contribution is -2.06. The summed E-state index contributed by atoms with van der Waals surface area (Å²) in [5.74, 6) is 0. The van der Waals surface area contributed by atoms with Gasteiger partial charge in [0.1, 0.15) is 12.2 Å². The average Bonchev–Trinajstić information content (AvgIpc) is 2.48. The van der Waals surface area contributed by atoms with Gasteiger partial charge in [-0.05, 0) is 50.4 Å². The highest BCUT2D eigenvalue weighted by Crippen LogP contribution is 2.43. The van der Waals surface area contributed by atoms with Gasteiger partial charge in [0.2, 0.25) is 0 Å². The van der Waals surface area contributed by atoms with E-state index in [1.807, 2.05) is 0 Å². The third-order valence-electron chi connectivity index (χ3n) is 3.10. The van der Waals surface area contributed by atoms with Crippen molar-refractivity contribution in [1.29, 1.82) is 0 Å². The smallest absolute Gasteiger partial charge is 0.166 e. The maximum atomic E-state index is 13.0. The second-order valence-electron chi connectivity index (χ2n) is 4.50. The van der Waals surface area contributed by atoms with E-state index in [2.05, 4.69) is 26.3 Å². The lowest BCUT2D eigenvalue weighted by Gasteiger charge is -2.14. The molecule has 0 N–H and O–H groups in total. The fraction of sp³-hybridized carbons (Fsp3) is 0.143. The third kappa shape index (κ3) is 3.59. The highest BCUT2D eigenvalue weighted by molar-refractivity contribution is 9.10. The maximum absolute atomic E-state index is 13.0. The number of benzene rings is 2. The number of rotatable bonds is 4. The summed E-state index contributed by atoms with van der Waals surface area (Å²) < 4.78 is 39.3. The number of nitroso groups, excluding NO2 is 2. The Morgan fingerprint density at radius 2 is 1.83 bits per heavy atom. The molecule has 0 spiro atoms. The van der Waals surface area contributed by atoms with Crippen molar-refractivity contribution >= 4 is 33.2 Å². The van der Waals surface area contributed by atoms with Crippen LogP contribution < -0.4 is 0 Å². The van der Waals surface area contributed by atoms with E-state index in [1.165, 1.54) is 18.2 Å². The first-order valence-corrected chi connectivity index (χ1v) is 7.27. The fourth-order valence-electron chi connectivity index (χ4n) is 2.12. The molecule has 9 heteroatoms. The zero-order valence-corrected chi connectivity index (χ0v) is 13.5. The second-order valence-corrected chi connectivity index (χ2v) is 5.76. The van der Waals surface area contributed by atoms with Crippen LogP contribution in [0.15, 0.2) is 45.2 Å². The van der Waals surface area contributed by atoms with Crippen LogP contribution in [0.1, 0.15) is 11.1 Å². The van der Waals surface area contributed by atoms with E-state index in [0.717, 1.165) is 12.1 Å². The molecular formula is C14H7BrClF3N2O2. The number of halogens is 5. The lowest BCUT2D eigenvalue weighted by atomic mass is 9.96. The summed E-state index contributed by atoms with van der Waals surface area (Å²) in [6.07, 6.45) is -4.66. The Balaban J connectivity index is 2.78. The van der Waals surface area contributed by atoms with Crippen LogP contribution in [0.3, 0.4) is 0 Å². The zero-order chi connectivity index (χ0) is 17.2. The van der Waals surface area contributed by atoms with Gasteiger partial charge in [0.05, 0.1) is 10.6 Å². The molecule has 0 heterocycles. The van der Waals surface area contributed by atoms with Crippen molar-refractivity contribution in [3.63, 3.8) is 0 Å². The molecule has 0 fully saturated rings. The van der Waals surface area contributed by atoms with E-state index in [1.54, 1.807) is 0 Å². The van der Waals surface area contributed by atoms with Crippen molar-refractivity contribution < 1.29 is 13.2 Å². The minimum Gasteiger partial charge on any atom is -0.166 e. The topological polar surface area (TPSA) is 58.9 Å². The zero-order valence-electron chi connectivity index (χ0n) is 11.2. The van der Waals surface area contributed by atoms with Gasteiger partial charge in [-0.3, -0.25) is 0 Å². The van der Waals surface area contributed by atoms with Gasteiger partial charge >= 0.3 is 6.18 Å². The molecule has 0 saturated heterocycles. The van der Waals surface area contributed by atoms with Crippen LogP contribution in [0.4, 0.5) is 18.9 Å². The van der Waals surface area contributed by atoms with Gasteiger partial charge in [-0.1, -0.05) is 28.9 Å². The Kier molecular flexibility index (Phi) is 5.16. The SMILES string of the molecule is O=NCc1ccc(Br)c(N=O)c1-c1ccc(Cl)c(C(F)(F)F)c1. The Morgan fingerprint density at radius 3 is 2.39 bits per heavy atom. The van der Waals surface area contributed by atoms with Crippen molar-refractivity contribution in [2.24, 2.45) is 10.4 Å². The molecular weight excluding hydrogens is 401 g/mol. The molecule has 0 saturated carbocycles. The summed E-state index contributed by atoms with van der Waals surface area (Å²) in [7, 11) is 0. The molecule has 23 heavy (non-hydrogen) atoms.